The second kappa shape index (κ2) is 6.92. The summed E-state index contributed by atoms with van der Waals surface area (Å²) in [6.07, 6.45) is 5.20. The molecule has 1 aromatic carbocycles. The second-order valence-corrected chi connectivity index (χ2v) is 5.49. The van der Waals surface area contributed by atoms with Gasteiger partial charge in [0.25, 0.3) is 0 Å². The van der Waals surface area contributed by atoms with Gasteiger partial charge < -0.3 is 4.74 Å². The topological polar surface area (TPSA) is 47.3 Å². The van der Waals surface area contributed by atoms with Crippen molar-refractivity contribution in [1.29, 1.82) is 0 Å². The van der Waals surface area contributed by atoms with Gasteiger partial charge in [-0.3, -0.25) is 11.3 Å². The van der Waals surface area contributed by atoms with Gasteiger partial charge in [-0.1, -0.05) is 31.9 Å². The number of ether oxygens (including phenoxy) is 1. The molecule has 19 heavy (non-hydrogen) atoms. The van der Waals surface area contributed by atoms with Gasteiger partial charge in [-0.2, -0.15) is 0 Å². The zero-order chi connectivity index (χ0) is 13.7. The van der Waals surface area contributed by atoms with Crippen LogP contribution in [0.5, 0.6) is 5.75 Å². The van der Waals surface area contributed by atoms with Crippen LogP contribution in [0.2, 0.25) is 0 Å². The molecule has 0 aromatic heterocycles. The van der Waals surface area contributed by atoms with Crippen LogP contribution in [0.15, 0.2) is 24.3 Å². The first kappa shape index (κ1) is 14.4. The van der Waals surface area contributed by atoms with Crippen LogP contribution in [0, 0.1) is 11.8 Å². The molecule has 106 valence electrons. The van der Waals surface area contributed by atoms with Crippen molar-refractivity contribution >= 4 is 0 Å². The first-order chi connectivity index (χ1) is 9.28. The molecule has 1 aromatic rings. The third-order valence-electron chi connectivity index (χ3n) is 4.36. The predicted octanol–water partition coefficient (Wildman–Crippen LogP) is 3.42. The number of nitrogens with two attached hydrogens (primary N) is 1. The number of rotatable bonds is 6. The van der Waals surface area contributed by atoms with Crippen molar-refractivity contribution in [3.8, 4) is 5.75 Å². The van der Waals surface area contributed by atoms with Crippen LogP contribution in [0.1, 0.15) is 51.1 Å². The summed E-state index contributed by atoms with van der Waals surface area (Å²) in [6.45, 7) is 5.00. The van der Waals surface area contributed by atoms with Crippen molar-refractivity contribution in [3.05, 3.63) is 29.8 Å². The molecule has 3 N–H and O–H groups in total. The largest absolute Gasteiger partial charge is 0.494 e. The average Bonchev–Trinajstić information content (AvgIpc) is 2.91. The molecular weight excluding hydrogens is 236 g/mol. The van der Waals surface area contributed by atoms with Crippen molar-refractivity contribution in [3.63, 3.8) is 0 Å². The molecule has 3 atom stereocenters. The van der Waals surface area contributed by atoms with Crippen LogP contribution in [0.3, 0.4) is 0 Å². The van der Waals surface area contributed by atoms with Crippen LogP contribution in [-0.2, 0) is 0 Å². The molecule has 0 spiro atoms. The maximum Gasteiger partial charge on any atom is 0.119 e. The van der Waals surface area contributed by atoms with E-state index in [-0.39, 0.29) is 6.04 Å². The summed E-state index contributed by atoms with van der Waals surface area (Å²) >= 11 is 0. The highest BCUT2D eigenvalue weighted by molar-refractivity contribution is 5.29. The Labute approximate surface area is 116 Å². The number of hydrazine groups is 1. The molecule has 1 aliphatic rings. The fourth-order valence-corrected chi connectivity index (χ4v) is 3.23. The van der Waals surface area contributed by atoms with Crippen molar-refractivity contribution in [2.24, 2.45) is 17.7 Å². The van der Waals surface area contributed by atoms with Crippen molar-refractivity contribution in [2.45, 2.75) is 45.6 Å². The van der Waals surface area contributed by atoms with E-state index >= 15 is 0 Å². The van der Waals surface area contributed by atoms with E-state index in [0.717, 1.165) is 11.7 Å². The van der Waals surface area contributed by atoms with E-state index in [1.165, 1.54) is 31.2 Å². The van der Waals surface area contributed by atoms with Gasteiger partial charge in [0.1, 0.15) is 5.75 Å². The summed E-state index contributed by atoms with van der Waals surface area (Å²) in [5.41, 5.74) is 4.29. The number of hydrogen-bond donors (Lipinski definition) is 2. The summed E-state index contributed by atoms with van der Waals surface area (Å²) in [5, 5.41) is 0. The van der Waals surface area contributed by atoms with Gasteiger partial charge >= 0.3 is 0 Å². The Bertz CT molecular complexity index is 377. The Morgan fingerprint density at radius 3 is 2.53 bits per heavy atom. The van der Waals surface area contributed by atoms with E-state index in [9.17, 15) is 0 Å². The fourth-order valence-electron chi connectivity index (χ4n) is 3.23. The minimum Gasteiger partial charge on any atom is -0.494 e. The molecule has 0 saturated heterocycles. The van der Waals surface area contributed by atoms with Crippen molar-refractivity contribution in [1.82, 2.24) is 5.43 Å². The zero-order valence-electron chi connectivity index (χ0n) is 12.1. The molecule has 0 bridgehead atoms. The molecule has 3 heteroatoms. The molecule has 0 radical (unpaired) electrons. The maximum atomic E-state index is 5.79. The van der Waals surface area contributed by atoms with Gasteiger partial charge in [0.05, 0.1) is 6.61 Å². The lowest BCUT2D eigenvalue weighted by Gasteiger charge is -2.23. The minimum absolute atomic E-state index is 0.271. The summed E-state index contributed by atoms with van der Waals surface area (Å²) < 4.78 is 5.48. The monoisotopic (exact) mass is 262 g/mol. The average molecular weight is 262 g/mol. The molecule has 0 heterocycles. The Hall–Kier alpha value is -1.06. The smallest absolute Gasteiger partial charge is 0.119 e. The number of hydrogen-bond acceptors (Lipinski definition) is 3. The van der Waals surface area contributed by atoms with Crippen LogP contribution in [0.25, 0.3) is 0 Å². The summed E-state index contributed by atoms with van der Waals surface area (Å²) in [4.78, 5) is 0. The maximum absolute atomic E-state index is 5.79. The Balaban J connectivity index is 2.04. The standard InChI is InChI=1S/C16H26N2O/c1-3-12-5-6-14(11-12)16(18-17)13-7-9-15(10-8-13)19-4-2/h7-10,12,14,16,18H,3-6,11,17H2,1-2H3. The Kier molecular flexibility index (Phi) is 5.23. The molecule has 1 saturated carbocycles. The van der Waals surface area contributed by atoms with E-state index in [2.05, 4.69) is 24.5 Å². The van der Waals surface area contributed by atoms with Gasteiger partial charge in [-0.05, 0) is 49.3 Å². The number of benzene rings is 1. The first-order valence-corrected chi connectivity index (χ1v) is 7.47. The van der Waals surface area contributed by atoms with E-state index in [4.69, 9.17) is 10.6 Å². The molecule has 0 amide bonds. The summed E-state index contributed by atoms with van der Waals surface area (Å²) in [7, 11) is 0. The molecule has 3 unspecified atom stereocenters. The SMILES string of the molecule is CCOc1ccc(C(NN)C2CCC(CC)C2)cc1. The van der Waals surface area contributed by atoms with Gasteiger partial charge in [0, 0.05) is 6.04 Å². The lowest BCUT2D eigenvalue weighted by Crippen LogP contribution is -2.32. The van der Waals surface area contributed by atoms with E-state index < -0.39 is 0 Å². The van der Waals surface area contributed by atoms with E-state index in [1.807, 2.05) is 19.1 Å². The molecule has 1 fully saturated rings. The van der Waals surface area contributed by atoms with Gasteiger partial charge in [0.2, 0.25) is 0 Å². The van der Waals surface area contributed by atoms with Crippen LogP contribution in [0.4, 0.5) is 0 Å². The van der Waals surface area contributed by atoms with Gasteiger partial charge in [-0.15, -0.1) is 0 Å². The highest BCUT2D eigenvalue weighted by Gasteiger charge is 2.30. The molecule has 3 nitrogen and oxygen atoms in total. The highest BCUT2D eigenvalue weighted by atomic mass is 16.5. The van der Waals surface area contributed by atoms with E-state index in [0.29, 0.717) is 12.5 Å². The van der Waals surface area contributed by atoms with Crippen LogP contribution in [-0.4, -0.2) is 6.61 Å². The van der Waals surface area contributed by atoms with Crippen LogP contribution < -0.4 is 16.0 Å². The van der Waals surface area contributed by atoms with Gasteiger partial charge in [-0.25, -0.2) is 0 Å². The van der Waals surface area contributed by atoms with E-state index in [1.54, 1.807) is 0 Å². The van der Waals surface area contributed by atoms with Gasteiger partial charge in [0.15, 0.2) is 0 Å². The summed E-state index contributed by atoms with van der Waals surface area (Å²) in [6, 6.07) is 8.61. The quantitative estimate of drug-likeness (QED) is 0.610. The first-order valence-electron chi connectivity index (χ1n) is 7.47. The lowest BCUT2D eigenvalue weighted by molar-refractivity contribution is 0.338. The highest BCUT2D eigenvalue weighted by Crippen LogP contribution is 2.40. The fraction of sp³-hybridized carbons (Fsp3) is 0.625. The minimum atomic E-state index is 0.271. The molecule has 1 aliphatic carbocycles. The Morgan fingerprint density at radius 1 is 1.26 bits per heavy atom. The third kappa shape index (κ3) is 3.48. The van der Waals surface area contributed by atoms with Crippen molar-refractivity contribution < 1.29 is 4.74 Å². The Morgan fingerprint density at radius 2 is 2.00 bits per heavy atom. The second-order valence-electron chi connectivity index (χ2n) is 5.49. The number of nitrogens with one attached hydrogen (secondary N) is 1. The molecule has 0 aliphatic heterocycles. The van der Waals surface area contributed by atoms with Crippen molar-refractivity contribution in [2.75, 3.05) is 6.61 Å². The molecule has 2 rings (SSSR count). The summed E-state index contributed by atoms with van der Waals surface area (Å²) in [5.74, 6) is 8.26. The normalized spacial score (nSPS) is 24.4. The zero-order valence-corrected chi connectivity index (χ0v) is 12.1. The molecular formula is C16H26N2O. The lowest BCUT2D eigenvalue weighted by atomic mass is 9.91. The van der Waals surface area contributed by atoms with Crippen LogP contribution >= 0.6 is 0 Å². The predicted molar refractivity (Wildman–Crippen MR) is 78.8 cm³/mol. The third-order valence-corrected chi connectivity index (χ3v) is 4.36.